The highest BCUT2D eigenvalue weighted by Crippen LogP contribution is 2.08. The molecule has 7 nitrogen and oxygen atoms in total. The van der Waals surface area contributed by atoms with Crippen molar-refractivity contribution in [2.24, 2.45) is 0 Å². The normalized spacial score (nSPS) is 16.7. The third kappa shape index (κ3) is 3.53. The number of para-hydroxylation sites is 1. The van der Waals surface area contributed by atoms with Crippen LogP contribution in [0.15, 0.2) is 42.6 Å². The molecule has 8 heteroatoms. The van der Waals surface area contributed by atoms with Gasteiger partial charge in [0.25, 0.3) is 10.2 Å². The van der Waals surface area contributed by atoms with Gasteiger partial charge in [-0.3, -0.25) is 0 Å². The Hall–Kier alpha value is -1.74. The van der Waals surface area contributed by atoms with Crippen LogP contribution in [0.1, 0.15) is 5.69 Å². The molecule has 3 rings (SSSR count). The van der Waals surface area contributed by atoms with Crippen molar-refractivity contribution in [2.75, 3.05) is 26.3 Å². The van der Waals surface area contributed by atoms with Gasteiger partial charge >= 0.3 is 0 Å². The molecule has 0 spiro atoms. The van der Waals surface area contributed by atoms with Gasteiger partial charge in [0.1, 0.15) is 0 Å². The summed E-state index contributed by atoms with van der Waals surface area (Å²) in [6.07, 6.45) is 1.81. The predicted octanol–water partition coefficient (Wildman–Crippen LogP) is 0.539. The fourth-order valence-corrected chi connectivity index (χ4v) is 3.37. The van der Waals surface area contributed by atoms with Crippen LogP contribution >= 0.6 is 0 Å². The smallest absolute Gasteiger partial charge is 0.279 e. The lowest BCUT2D eigenvalue weighted by molar-refractivity contribution is 0.0724. The number of morpholine rings is 1. The van der Waals surface area contributed by atoms with Crippen molar-refractivity contribution in [3.63, 3.8) is 0 Å². The zero-order valence-electron chi connectivity index (χ0n) is 12.1. The second kappa shape index (κ2) is 6.57. The summed E-state index contributed by atoms with van der Waals surface area (Å²) in [4.78, 5) is 0. The summed E-state index contributed by atoms with van der Waals surface area (Å²) in [7, 11) is -3.48. The Bertz CT molecular complexity index is 709. The van der Waals surface area contributed by atoms with Crippen LogP contribution in [0.25, 0.3) is 5.69 Å². The zero-order valence-corrected chi connectivity index (χ0v) is 12.9. The summed E-state index contributed by atoms with van der Waals surface area (Å²) < 4.78 is 35.2. The molecule has 0 unspecified atom stereocenters. The molecule has 0 radical (unpaired) electrons. The molecule has 0 bridgehead atoms. The number of nitrogens with one attached hydrogen (secondary N) is 1. The molecule has 1 fully saturated rings. The lowest BCUT2D eigenvalue weighted by Gasteiger charge is -2.25. The summed E-state index contributed by atoms with van der Waals surface area (Å²) in [5.74, 6) is 0. The molecule has 2 heterocycles. The minimum atomic E-state index is -3.48. The fourth-order valence-electron chi connectivity index (χ4n) is 2.22. The third-order valence-corrected chi connectivity index (χ3v) is 4.96. The highest BCUT2D eigenvalue weighted by molar-refractivity contribution is 7.87. The van der Waals surface area contributed by atoms with E-state index in [1.807, 2.05) is 36.5 Å². The molecular formula is C14H18N4O3S. The van der Waals surface area contributed by atoms with Crippen LogP contribution in [0, 0.1) is 0 Å². The van der Waals surface area contributed by atoms with E-state index in [0.29, 0.717) is 32.0 Å². The first kappa shape index (κ1) is 15.2. The van der Waals surface area contributed by atoms with Crippen LogP contribution < -0.4 is 4.72 Å². The van der Waals surface area contributed by atoms with Gasteiger partial charge in [-0.25, -0.2) is 4.68 Å². The maximum atomic E-state index is 12.2. The van der Waals surface area contributed by atoms with Crippen molar-refractivity contribution in [3.8, 4) is 5.69 Å². The van der Waals surface area contributed by atoms with Crippen LogP contribution in [-0.4, -0.2) is 48.8 Å². The van der Waals surface area contributed by atoms with E-state index < -0.39 is 10.2 Å². The van der Waals surface area contributed by atoms with Gasteiger partial charge in [0.2, 0.25) is 0 Å². The third-order valence-electron chi connectivity index (χ3n) is 3.41. The first-order valence-electron chi connectivity index (χ1n) is 7.08. The van der Waals surface area contributed by atoms with Crippen molar-refractivity contribution in [1.82, 2.24) is 18.8 Å². The molecule has 1 aliphatic heterocycles. The molecule has 22 heavy (non-hydrogen) atoms. The standard InChI is InChI=1S/C14H18N4O3S/c19-22(20,17-8-10-21-11-9-17)15-12-13-6-7-18(16-13)14-4-2-1-3-5-14/h1-7,15H,8-12H2. The highest BCUT2D eigenvalue weighted by atomic mass is 32.2. The second-order valence-corrected chi connectivity index (χ2v) is 6.68. The summed E-state index contributed by atoms with van der Waals surface area (Å²) in [5, 5.41) is 4.38. The molecule has 1 aromatic heterocycles. The number of hydrogen-bond donors (Lipinski definition) is 1. The first-order valence-corrected chi connectivity index (χ1v) is 8.52. The Morgan fingerprint density at radius 2 is 1.86 bits per heavy atom. The van der Waals surface area contributed by atoms with E-state index in [1.165, 1.54) is 4.31 Å². The largest absolute Gasteiger partial charge is 0.379 e. The van der Waals surface area contributed by atoms with Gasteiger partial charge in [-0.1, -0.05) is 18.2 Å². The molecule has 1 aromatic carbocycles. The molecule has 1 aliphatic rings. The maximum absolute atomic E-state index is 12.2. The fraction of sp³-hybridized carbons (Fsp3) is 0.357. The Morgan fingerprint density at radius 1 is 1.14 bits per heavy atom. The number of aromatic nitrogens is 2. The van der Waals surface area contributed by atoms with E-state index in [2.05, 4.69) is 9.82 Å². The van der Waals surface area contributed by atoms with Crippen LogP contribution in [-0.2, 0) is 21.5 Å². The van der Waals surface area contributed by atoms with E-state index in [-0.39, 0.29) is 6.54 Å². The Morgan fingerprint density at radius 3 is 2.59 bits per heavy atom. The number of nitrogens with zero attached hydrogens (tertiary/aromatic N) is 3. The van der Waals surface area contributed by atoms with Crippen LogP contribution in [0.5, 0.6) is 0 Å². The minimum Gasteiger partial charge on any atom is -0.379 e. The number of rotatable bonds is 5. The zero-order chi connectivity index (χ0) is 15.4. The summed E-state index contributed by atoms with van der Waals surface area (Å²) in [5.41, 5.74) is 1.60. The van der Waals surface area contributed by atoms with Crippen LogP contribution in [0.2, 0.25) is 0 Å². The Kier molecular flexibility index (Phi) is 4.53. The molecule has 1 N–H and O–H groups in total. The van der Waals surface area contributed by atoms with Gasteiger partial charge in [-0.15, -0.1) is 0 Å². The second-order valence-electron chi connectivity index (χ2n) is 4.92. The van der Waals surface area contributed by atoms with Crippen molar-refractivity contribution < 1.29 is 13.2 Å². The van der Waals surface area contributed by atoms with Gasteiger partial charge in [0, 0.05) is 19.3 Å². The summed E-state index contributed by atoms with van der Waals surface area (Å²) in [6, 6.07) is 11.5. The Balaban J connectivity index is 1.63. The number of benzene rings is 1. The summed E-state index contributed by atoms with van der Waals surface area (Å²) >= 11 is 0. The molecule has 0 amide bonds. The molecule has 2 aromatic rings. The van der Waals surface area contributed by atoms with Crippen molar-refractivity contribution >= 4 is 10.2 Å². The monoisotopic (exact) mass is 322 g/mol. The molecule has 0 saturated carbocycles. The van der Waals surface area contributed by atoms with E-state index in [1.54, 1.807) is 10.7 Å². The van der Waals surface area contributed by atoms with Crippen LogP contribution in [0.4, 0.5) is 0 Å². The number of hydrogen-bond acceptors (Lipinski definition) is 4. The first-order chi connectivity index (χ1) is 10.6. The molecular weight excluding hydrogens is 304 g/mol. The average Bonchev–Trinajstić information content (AvgIpc) is 3.04. The van der Waals surface area contributed by atoms with E-state index in [4.69, 9.17) is 4.74 Å². The number of ether oxygens (including phenoxy) is 1. The lowest BCUT2D eigenvalue weighted by Crippen LogP contribution is -2.46. The van der Waals surface area contributed by atoms with Gasteiger partial charge in [0.05, 0.1) is 31.1 Å². The Labute approximate surface area is 129 Å². The molecule has 0 aliphatic carbocycles. The maximum Gasteiger partial charge on any atom is 0.279 e. The van der Waals surface area contributed by atoms with Crippen molar-refractivity contribution in [1.29, 1.82) is 0 Å². The van der Waals surface area contributed by atoms with Gasteiger partial charge in [-0.05, 0) is 18.2 Å². The lowest BCUT2D eigenvalue weighted by atomic mass is 10.3. The van der Waals surface area contributed by atoms with E-state index in [0.717, 1.165) is 5.69 Å². The van der Waals surface area contributed by atoms with Crippen molar-refractivity contribution in [3.05, 3.63) is 48.3 Å². The topological polar surface area (TPSA) is 76.5 Å². The molecule has 1 saturated heterocycles. The highest BCUT2D eigenvalue weighted by Gasteiger charge is 2.23. The SMILES string of the molecule is O=S(=O)(NCc1ccn(-c2ccccc2)n1)N1CCOCC1. The molecule has 0 atom stereocenters. The predicted molar refractivity (Wildman–Crippen MR) is 81.7 cm³/mol. The van der Waals surface area contributed by atoms with Gasteiger partial charge in [0.15, 0.2) is 0 Å². The van der Waals surface area contributed by atoms with E-state index >= 15 is 0 Å². The van der Waals surface area contributed by atoms with E-state index in [9.17, 15) is 8.42 Å². The van der Waals surface area contributed by atoms with Gasteiger partial charge < -0.3 is 4.74 Å². The average molecular weight is 322 g/mol. The van der Waals surface area contributed by atoms with Crippen molar-refractivity contribution in [2.45, 2.75) is 6.54 Å². The van der Waals surface area contributed by atoms with Crippen LogP contribution in [0.3, 0.4) is 0 Å². The van der Waals surface area contributed by atoms with Gasteiger partial charge in [-0.2, -0.15) is 22.5 Å². The molecule has 118 valence electrons. The minimum absolute atomic E-state index is 0.166. The quantitative estimate of drug-likeness (QED) is 0.872. The summed E-state index contributed by atoms with van der Waals surface area (Å²) in [6.45, 7) is 1.80.